The van der Waals surface area contributed by atoms with Crippen molar-refractivity contribution in [3.8, 4) is 0 Å². The van der Waals surface area contributed by atoms with Crippen LogP contribution in [0.3, 0.4) is 0 Å². The first-order valence-corrected chi connectivity index (χ1v) is 9.50. The van der Waals surface area contributed by atoms with Gasteiger partial charge in [0.25, 0.3) is 0 Å². The summed E-state index contributed by atoms with van der Waals surface area (Å²) in [6.45, 7) is 3.20. The second-order valence-electron chi connectivity index (χ2n) is 8.18. The molecule has 3 fully saturated rings. The highest BCUT2D eigenvalue weighted by atomic mass is 19.1. The molecule has 2 saturated heterocycles. The van der Waals surface area contributed by atoms with Gasteiger partial charge in [-0.1, -0.05) is 12.8 Å². The lowest BCUT2D eigenvalue weighted by Gasteiger charge is -2.41. The minimum Gasteiger partial charge on any atom is -0.338 e. The Morgan fingerprint density at radius 3 is 2.32 bits per heavy atom. The Morgan fingerprint density at radius 2 is 1.68 bits per heavy atom. The van der Waals surface area contributed by atoms with E-state index in [2.05, 4.69) is 4.90 Å². The highest BCUT2D eigenvalue weighted by molar-refractivity contribution is 5.79. The fraction of sp³-hybridized carbons (Fsp3) is 0.650. The Bertz CT molecular complexity index is 629. The molecule has 1 aliphatic carbocycles. The van der Waals surface area contributed by atoms with Crippen LogP contribution in [-0.4, -0.2) is 41.4 Å². The number of hydrogen-bond donors (Lipinski definition) is 0. The summed E-state index contributed by atoms with van der Waals surface area (Å²) in [6, 6.07) is 4.27. The third kappa shape index (κ3) is 3.57. The molecule has 2 heterocycles. The first kappa shape index (κ1) is 17.0. The highest BCUT2D eigenvalue weighted by Crippen LogP contribution is 2.42. The molecule has 5 heteroatoms. The number of amides is 1. The summed E-state index contributed by atoms with van der Waals surface area (Å²) in [5.41, 5.74) is 0.601. The van der Waals surface area contributed by atoms with Crippen LogP contribution in [0.5, 0.6) is 0 Å². The third-order valence-corrected chi connectivity index (χ3v) is 6.40. The number of carbonyl (C=O) groups is 1. The molecule has 4 rings (SSSR count). The van der Waals surface area contributed by atoms with Gasteiger partial charge in [0.1, 0.15) is 11.6 Å². The van der Waals surface area contributed by atoms with Crippen LogP contribution in [0.15, 0.2) is 18.2 Å². The first-order chi connectivity index (χ1) is 12.0. The van der Waals surface area contributed by atoms with Crippen molar-refractivity contribution in [2.45, 2.75) is 57.5 Å². The monoisotopic (exact) mass is 348 g/mol. The van der Waals surface area contributed by atoms with Crippen LogP contribution in [-0.2, 0) is 11.3 Å². The number of carbonyl (C=O) groups excluding carboxylic acids is 1. The third-order valence-electron chi connectivity index (χ3n) is 6.40. The van der Waals surface area contributed by atoms with E-state index in [0.717, 1.165) is 44.6 Å². The highest BCUT2D eigenvalue weighted by Gasteiger charge is 2.45. The number of nitrogens with zero attached hydrogens (tertiary/aromatic N) is 2. The molecule has 0 unspecified atom stereocenters. The maximum absolute atomic E-state index is 13.4. The van der Waals surface area contributed by atoms with Crippen molar-refractivity contribution in [1.82, 2.24) is 9.80 Å². The van der Waals surface area contributed by atoms with E-state index in [1.807, 2.05) is 0 Å². The molecular formula is C20H26F2N2O. The summed E-state index contributed by atoms with van der Waals surface area (Å²) >= 11 is 0. The van der Waals surface area contributed by atoms with E-state index >= 15 is 0 Å². The van der Waals surface area contributed by atoms with Gasteiger partial charge >= 0.3 is 0 Å². The Kier molecular flexibility index (Phi) is 4.52. The van der Waals surface area contributed by atoms with E-state index in [0.29, 0.717) is 18.5 Å². The summed E-state index contributed by atoms with van der Waals surface area (Å²) in [5.74, 6) is -1.04. The van der Waals surface area contributed by atoms with E-state index in [4.69, 9.17) is 0 Å². The SMILES string of the molecule is O=C1CC2(CCN(C3CCCC3)CC2)CN1Cc1cc(F)cc(F)c1. The number of halogens is 2. The standard InChI is InChI=1S/C20H26F2N2O/c21-16-9-15(10-17(22)11-16)13-24-14-20(12-19(24)25)5-7-23(8-6-20)18-3-1-2-4-18/h9-11,18H,1-8,12-14H2. The molecule has 0 atom stereocenters. The van der Waals surface area contributed by atoms with Crippen LogP contribution >= 0.6 is 0 Å². The minimum atomic E-state index is -0.582. The first-order valence-electron chi connectivity index (χ1n) is 9.50. The largest absolute Gasteiger partial charge is 0.338 e. The van der Waals surface area contributed by atoms with Crippen molar-refractivity contribution in [2.75, 3.05) is 19.6 Å². The van der Waals surface area contributed by atoms with E-state index in [1.165, 1.54) is 37.8 Å². The summed E-state index contributed by atoms with van der Waals surface area (Å²) in [4.78, 5) is 16.9. The van der Waals surface area contributed by atoms with Crippen LogP contribution in [0.4, 0.5) is 8.78 Å². The lowest BCUT2D eigenvalue weighted by molar-refractivity contribution is -0.128. The molecule has 0 radical (unpaired) electrons. The Hall–Kier alpha value is -1.49. The van der Waals surface area contributed by atoms with Gasteiger partial charge in [-0.2, -0.15) is 0 Å². The summed E-state index contributed by atoms with van der Waals surface area (Å²) in [6.07, 6.45) is 8.05. The Morgan fingerprint density at radius 1 is 1.04 bits per heavy atom. The summed E-state index contributed by atoms with van der Waals surface area (Å²) < 4.78 is 26.8. The maximum atomic E-state index is 13.4. The topological polar surface area (TPSA) is 23.6 Å². The zero-order valence-electron chi connectivity index (χ0n) is 14.6. The predicted molar refractivity (Wildman–Crippen MR) is 91.9 cm³/mol. The van der Waals surface area contributed by atoms with E-state index in [9.17, 15) is 13.6 Å². The smallest absolute Gasteiger partial charge is 0.223 e. The number of rotatable bonds is 3. The second kappa shape index (κ2) is 6.67. The van der Waals surface area contributed by atoms with Crippen molar-refractivity contribution < 1.29 is 13.6 Å². The number of piperidine rings is 1. The molecule has 0 N–H and O–H groups in total. The van der Waals surface area contributed by atoms with Crippen LogP contribution < -0.4 is 0 Å². The van der Waals surface area contributed by atoms with Crippen molar-refractivity contribution in [3.63, 3.8) is 0 Å². The molecule has 1 saturated carbocycles. The molecule has 3 aliphatic rings. The Balaban J connectivity index is 1.38. The molecule has 3 nitrogen and oxygen atoms in total. The van der Waals surface area contributed by atoms with Gasteiger partial charge in [0, 0.05) is 31.6 Å². The predicted octanol–water partition coefficient (Wildman–Crippen LogP) is 3.72. The van der Waals surface area contributed by atoms with Gasteiger partial charge in [0.15, 0.2) is 0 Å². The zero-order valence-corrected chi connectivity index (χ0v) is 14.6. The Labute approximate surface area is 148 Å². The molecule has 1 amide bonds. The second-order valence-corrected chi connectivity index (χ2v) is 8.18. The molecule has 1 aromatic rings. The average molecular weight is 348 g/mol. The fourth-order valence-corrected chi connectivity index (χ4v) is 5.02. The van der Waals surface area contributed by atoms with Gasteiger partial charge in [-0.25, -0.2) is 8.78 Å². The van der Waals surface area contributed by atoms with Crippen LogP contribution in [0, 0.1) is 17.0 Å². The number of likely N-dealkylation sites (tertiary alicyclic amines) is 2. The molecule has 0 bridgehead atoms. The molecule has 136 valence electrons. The maximum Gasteiger partial charge on any atom is 0.223 e. The molecule has 25 heavy (non-hydrogen) atoms. The normalized spacial score (nSPS) is 24.6. The zero-order chi connectivity index (χ0) is 17.4. The van der Waals surface area contributed by atoms with E-state index < -0.39 is 11.6 Å². The average Bonchev–Trinajstić information content (AvgIpc) is 3.17. The van der Waals surface area contributed by atoms with Gasteiger partial charge in [0.05, 0.1) is 0 Å². The lowest BCUT2D eigenvalue weighted by Crippen LogP contribution is -2.45. The fourth-order valence-electron chi connectivity index (χ4n) is 5.02. The quantitative estimate of drug-likeness (QED) is 0.831. The van der Waals surface area contributed by atoms with Gasteiger partial charge in [-0.15, -0.1) is 0 Å². The van der Waals surface area contributed by atoms with Crippen molar-refractivity contribution >= 4 is 5.91 Å². The number of hydrogen-bond acceptors (Lipinski definition) is 2. The van der Waals surface area contributed by atoms with E-state index in [1.54, 1.807) is 4.90 Å². The van der Waals surface area contributed by atoms with Crippen molar-refractivity contribution in [3.05, 3.63) is 35.4 Å². The minimum absolute atomic E-state index is 0.0675. The molecule has 2 aliphatic heterocycles. The van der Waals surface area contributed by atoms with Crippen molar-refractivity contribution in [1.29, 1.82) is 0 Å². The van der Waals surface area contributed by atoms with Crippen LogP contribution in [0.2, 0.25) is 0 Å². The van der Waals surface area contributed by atoms with Crippen LogP contribution in [0.25, 0.3) is 0 Å². The summed E-state index contributed by atoms with van der Waals surface area (Å²) in [7, 11) is 0. The molecule has 0 aromatic heterocycles. The van der Waals surface area contributed by atoms with E-state index in [-0.39, 0.29) is 11.3 Å². The van der Waals surface area contributed by atoms with Gasteiger partial charge in [-0.05, 0) is 61.9 Å². The molecule has 1 aromatic carbocycles. The van der Waals surface area contributed by atoms with Gasteiger partial charge < -0.3 is 9.80 Å². The number of benzene rings is 1. The van der Waals surface area contributed by atoms with Gasteiger partial charge in [0.2, 0.25) is 5.91 Å². The van der Waals surface area contributed by atoms with Crippen molar-refractivity contribution in [2.24, 2.45) is 5.41 Å². The molecule has 1 spiro atoms. The molecular weight excluding hydrogens is 322 g/mol. The summed E-state index contributed by atoms with van der Waals surface area (Å²) in [5, 5.41) is 0. The lowest BCUT2D eigenvalue weighted by atomic mass is 9.77. The van der Waals surface area contributed by atoms with Crippen LogP contribution in [0.1, 0.15) is 50.5 Å². The van der Waals surface area contributed by atoms with Gasteiger partial charge in [-0.3, -0.25) is 4.79 Å².